The lowest BCUT2D eigenvalue weighted by Crippen LogP contribution is -2.17. The quantitative estimate of drug-likeness (QED) is 0.719. The van der Waals surface area contributed by atoms with Gasteiger partial charge in [0.05, 0.1) is 0 Å². The highest BCUT2D eigenvalue weighted by Crippen LogP contribution is 2.10. The number of rotatable bonds is 2. The molecule has 0 aliphatic rings. The summed E-state index contributed by atoms with van der Waals surface area (Å²) < 4.78 is 0. The first-order chi connectivity index (χ1) is 5.18. The normalized spacial score (nSPS) is 13.0. The number of hydrogen-bond donors (Lipinski definition) is 1. The van der Waals surface area contributed by atoms with Crippen LogP contribution in [-0.4, -0.2) is 6.04 Å². The minimum Gasteiger partial charge on any atom is -0.327 e. The minimum atomic E-state index is -0.0313. The van der Waals surface area contributed by atoms with Gasteiger partial charge < -0.3 is 5.73 Å². The van der Waals surface area contributed by atoms with Crippen molar-refractivity contribution in [1.29, 1.82) is 0 Å². The summed E-state index contributed by atoms with van der Waals surface area (Å²) in [5, 5.41) is 0.756. The first-order valence-corrected chi connectivity index (χ1v) is 3.89. The monoisotopic (exact) mass is 168 g/mol. The van der Waals surface area contributed by atoms with E-state index in [1.165, 1.54) is 5.56 Å². The van der Waals surface area contributed by atoms with E-state index < -0.39 is 0 Å². The smallest absolute Gasteiger partial charge is 0.0406 e. The highest BCUT2D eigenvalue weighted by atomic mass is 35.5. The second-order valence-corrected chi connectivity index (χ2v) is 3.03. The molecule has 0 saturated carbocycles. The SMILES string of the molecule is [CH2]C(N)Cc1ccc(Cl)cc1. The van der Waals surface area contributed by atoms with Crippen LogP contribution in [0.4, 0.5) is 0 Å². The Balaban J connectivity index is 2.66. The molecular weight excluding hydrogens is 158 g/mol. The molecule has 59 valence electrons. The van der Waals surface area contributed by atoms with Crippen molar-refractivity contribution in [1.82, 2.24) is 0 Å². The maximum atomic E-state index is 5.70. The van der Waals surface area contributed by atoms with Crippen molar-refractivity contribution >= 4 is 11.6 Å². The van der Waals surface area contributed by atoms with Gasteiger partial charge in [0.15, 0.2) is 0 Å². The molecule has 1 aromatic carbocycles. The third kappa shape index (κ3) is 2.91. The lowest BCUT2D eigenvalue weighted by Gasteiger charge is -2.03. The molecule has 0 aliphatic heterocycles. The van der Waals surface area contributed by atoms with Crippen LogP contribution in [-0.2, 0) is 6.42 Å². The maximum absolute atomic E-state index is 5.70. The summed E-state index contributed by atoms with van der Waals surface area (Å²) in [6.07, 6.45) is 0.803. The standard InChI is InChI=1S/C9H11ClN/c1-7(11)6-8-2-4-9(10)5-3-8/h2-5,7H,1,6,11H2. The molecule has 0 aromatic heterocycles. The summed E-state index contributed by atoms with van der Waals surface area (Å²) >= 11 is 5.70. The molecule has 1 radical (unpaired) electrons. The van der Waals surface area contributed by atoms with Gasteiger partial charge in [-0.2, -0.15) is 0 Å². The van der Waals surface area contributed by atoms with Crippen LogP contribution in [0.5, 0.6) is 0 Å². The van der Waals surface area contributed by atoms with Gasteiger partial charge in [-0.15, -0.1) is 0 Å². The van der Waals surface area contributed by atoms with Crippen molar-refractivity contribution in [3.63, 3.8) is 0 Å². The molecule has 0 aliphatic carbocycles. The van der Waals surface area contributed by atoms with Crippen LogP contribution < -0.4 is 5.73 Å². The molecule has 0 fully saturated rings. The Morgan fingerprint density at radius 2 is 1.91 bits per heavy atom. The van der Waals surface area contributed by atoms with Gasteiger partial charge >= 0.3 is 0 Å². The number of nitrogens with two attached hydrogens (primary N) is 1. The van der Waals surface area contributed by atoms with Crippen LogP contribution in [0.2, 0.25) is 5.02 Å². The van der Waals surface area contributed by atoms with Crippen LogP contribution in [0.15, 0.2) is 24.3 Å². The van der Waals surface area contributed by atoms with Gasteiger partial charge in [-0.1, -0.05) is 23.7 Å². The highest BCUT2D eigenvalue weighted by molar-refractivity contribution is 6.30. The molecule has 2 heteroatoms. The number of benzene rings is 1. The Hall–Kier alpha value is -0.530. The van der Waals surface area contributed by atoms with E-state index in [2.05, 4.69) is 6.92 Å². The highest BCUT2D eigenvalue weighted by Gasteiger charge is 1.96. The van der Waals surface area contributed by atoms with Crippen molar-refractivity contribution in [2.24, 2.45) is 5.73 Å². The number of hydrogen-bond acceptors (Lipinski definition) is 1. The topological polar surface area (TPSA) is 26.0 Å². The van der Waals surface area contributed by atoms with E-state index in [4.69, 9.17) is 17.3 Å². The molecule has 0 amide bonds. The molecule has 0 bridgehead atoms. The Labute approximate surface area is 72.2 Å². The summed E-state index contributed by atoms with van der Waals surface area (Å²) in [6, 6.07) is 7.62. The summed E-state index contributed by atoms with van der Waals surface area (Å²) in [4.78, 5) is 0. The summed E-state index contributed by atoms with van der Waals surface area (Å²) in [5.41, 5.74) is 6.70. The van der Waals surface area contributed by atoms with Crippen LogP contribution in [0, 0.1) is 6.92 Å². The molecule has 1 atom stereocenters. The lowest BCUT2D eigenvalue weighted by atomic mass is 10.1. The second kappa shape index (κ2) is 3.74. The van der Waals surface area contributed by atoms with Crippen molar-refractivity contribution < 1.29 is 0 Å². The molecular formula is C9H11ClN. The van der Waals surface area contributed by atoms with Crippen molar-refractivity contribution in [3.05, 3.63) is 41.8 Å². The fourth-order valence-electron chi connectivity index (χ4n) is 0.923. The van der Waals surface area contributed by atoms with Crippen molar-refractivity contribution in [3.8, 4) is 0 Å². The van der Waals surface area contributed by atoms with Crippen molar-refractivity contribution in [2.45, 2.75) is 12.5 Å². The third-order valence-electron chi connectivity index (χ3n) is 1.41. The van der Waals surface area contributed by atoms with E-state index in [9.17, 15) is 0 Å². The van der Waals surface area contributed by atoms with Gasteiger partial charge in [-0.3, -0.25) is 0 Å². The Bertz CT molecular complexity index is 216. The van der Waals surface area contributed by atoms with Gasteiger partial charge in [-0.25, -0.2) is 0 Å². The predicted molar refractivity (Wildman–Crippen MR) is 48.5 cm³/mol. The largest absolute Gasteiger partial charge is 0.327 e. The van der Waals surface area contributed by atoms with E-state index in [1.54, 1.807) is 0 Å². The number of halogens is 1. The van der Waals surface area contributed by atoms with Gasteiger partial charge in [0.2, 0.25) is 0 Å². The summed E-state index contributed by atoms with van der Waals surface area (Å²) in [5.74, 6) is 0. The molecule has 0 saturated heterocycles. The maximum Gasteiger partial charge on any atom is 0.0406 e. The van der Waals surface area contributed by atoms with E-state index in [0.717, 1.165) is 11.4 Å². The zero-order valence-electron chi connectivity index (χ0n) is 6.26. The zero-order chi connectivity index (χ0) is 8.27. The van der Waals surface area contributed by atoms with Gasteiger partial charge in [0, 0.05) is 11.1 Å². The summed E-state index contributed by atoms with van der Waals surface area (Å²) in [6.45, 7) is 3.70. The van der Waals surface area contributed by atoms with Crippen LogP contribution in [0.3, 0.4) is 0 Å². The average Bonchev–Trinajstić information content (AvgIpc) is 1.93. The summed E-state index contributed by atoms with van der Waals surface area (Å²) in [7, 11) is 0. The fraction of sp³-hybridized carbons (Fsp3) is 0.222. The van der Waals surface area contributed by atoms with E-state index >= 15 is 0 Å². The Kier molecular flexibility index (Phi) is 2.92. The van der Waals surface area contributed by atoms with Crippen molar-refractivity contribution in [2.75, 3.05) is 0 Å². The molecule has 1 unspecified atom stereocenters. The van der Waals surface area contributed by atoms with E-state index in [-0.39, 0.29) is 6.04 Å². The molecule has 1 rings (SSSR count). The van der Waals surface area contributed by atoms with E-state index in [0.29, 0.717) is 0 Å². The van der Waals surface area contributed by atoms with Gasteiger partial charge in [0.25, 0.3) is 0 Å². The molecule has 1 aromatic rings. The molecule has 11 heavy (non-hydrogen) atoms. The third-order valence-corrected chi connectivity index (χ3v) is 1.66. The Morgan fingerprint density at radius 3 is 2.36 bits per heavy atom. The molecule has 0 spiro atoms. The van der Waals surface area contributed by atoms with Crippen LogP contribution >= 0.6 is 11.6 Å². The lowest BCUT2D eigenvalue weighted by molar-refractivity contribution is 0.807. The van der Waals surface area contributed by atoms with Gasteiger partial charge in [-0.05, 0) is 31.0 Å². The average molecular weight is 169 g/mol. The van der Waals surface area contributed by atoms with E-state index in [1.807, 2.05) is 24.3 Å². The zero-order valence-corrected chi connectivity index (χ0v) is 7.01. The molecule has 1 nitrogen and oxygen atoms in total. The second-order valence-electron chi connectivity index (χ2n) is 2.59. The van der Waals surface area contributed by atoms with Crippen LogP contribution in [0.25, 0.3) is 0 Å². The first-order valence-electron chi connectivity index (χ1n) is 3.51. The molecule has 2 N–H and O–H groups in total. The fourth-order valence-corrected chi connectivity index (χ4v) is 1.05. The minimum absolute atomic E-state index is 0.0313. The first kappa shape index (κ1) is 8.57. The van der Waals surface area contributed by atoms with Gasteiger partial charge in [0.1, 0.15) is 0 Å². The predicted octanol–water partition coefficient (Wildman–Crippen LogP) is 2.04. The molecule has 0 heterocycles. The van der Waals surface area contributed by atoms with Crippen LogP contribution in [0.1, 0.15) is 5.56 Å². The Morgan fingerprint density at radius 1 is 1.36 bits per heavy atom.